The van der Waals surface area contributed by atoms with Crippen LogP contribution in [0.4, 0.5) is 5.69 Å². The van der Waals surface area contributed by atoms with Gasteiger partial charge in [-0.2, -0.15) is 0 Å². The van der Waals surface area contributed by atoms with Crippen LogP contribution in [0.2, 0.25) is 0 Å². The van der Waals surface area contributed by atoms with Crippen molar-refractivity contribution < 1.29 is 0 Å². The molecule has 3 heterocycles. The highest BCUT2D eigenvalue weighted by Crippen LogP contribution is 2.48. The van der Waals surface area contributed by atoms with Crippen molar-refractivity contribution >= 4 is 22.6 Å². The van der Waals surface area contributed by atoms with Crippen LogP contribution < -0.4 is 4.90 Å². The Bertz CT molecular complexity index is 757. The molecule has 3 atom stereocenters. The first-order valence-electron chi connectivity index (χ1n) is 8.86. The Morgan fingerprint density at radius 1 is 1.16 bits per heavy atom. The van der Waals surface area contributed by atoms with Crippen LogP contribution in [0.25, 0.3) is 0 Å². The van der Waals surface area contributed by atoms with Crippen molar-refractivity contribution in [3.8, 4) is 0 Å². The zero-order valence-electron chi connectivity index (χ0n) is 15.0. The van der Waals surface area contributed by atoms with Gasteiger partial charge in [0.25, 0.3) is 0 Å². The second-order valence-electron chi connectivity index (χ2n) is 6.82. The number of hydrogen-bond donors (Lipinski definition) is 0. The molecule has 0 saturated carbocycles. The first kappa shape index (κ1) is 16.5. The number of amidine groups is 1. The van der Waals surface area contributed by atoms with Gasteiger partial charge in [0, 0.05) is 37.8 Å². The van der Waals surface area contributed by atoms with Crippen molar-refractivity contribution in [2.45, 2.75) is 31.5 Å². The number of benzene rings is 1. The number of aliphatic imine (C=N–C) groups is 1. The summed E-state index contributed by atoms with van der Waals surface area (Å²) in [5.74, 6) is 1.14. The number of hydrogen-bond acceptors (Lipinski definition) is 5. The van der Waals surface area contributed by atoms with E-state index in [1.54, 1.807) is 0 Å². The number of rotatable bonds is 4. The van der Waals surface area contributed by atoms with Crippen LogP contribution >= 0.6 is 11.8 Å². The SMILES string of the molecule is CC[C@@H]1CSC2=N[C@H](c3ccccn3)[C@H](c3ccc(N(C)C)cc3)N21. The molecule has 0 amide bonds. The average Bonchev–Trinajstić information content (AvgIpc) is 3.21. The normalized spacial score (nSPS) is 25.0. The molecule has 4 nitrogen and oxygen atoms in total. The van der Waals surface area contributed by atoms with Crippen molar-refractivity contribution in [2.75, 3.05) is 24.7 Å². The molecule has 1 saturated heterocycles. The monoisotopic (exact) mass is 352 g/mol. The third-order valence-corrected chi connectivity index (χ3v) is 6.21. The van der Waals surface area contributed by atoms with Gasteiger partial charge in [-0.05, 0) is 36.2 Å². The number of aromatic nitrogens is 1. The van der Waals surface area contributed by atoms with Gasteiger partial charge in [0.1, 0.15) is 6.04 Å². The van der Waals surface area contributed by atoms with Gasteiger partial charge in [0.05, 0.1) is 11.7 Å². The van der Waals surface area contributed by atoms with E-state index in [2.05, 4.69) is 72.2 Å². The van der Waals surface area contributed by atoms with Crippen LogP contribution in [0, 0.1) is 0 Å². The Kier molecular flexibility index (Phi) is 4.42. The molecule has 0 N–H and O–H groups in total. The third-order valence-electron chi connectivity index (χ3n) is 5.08. The summed E-state index contributed by atoms with van der Waals surface area (Å²) < 4.78 is 0. The number of pyridine rings is 1. The van der Waals surface area contributed by atoms with E-state index in [-0.39, 0.29) is 12.1 Å². The summed E-state index contributed by atoms with van der Waals surface area (Å²) in [6, 6.07) is 15.9. The van der Waals surface area contributed by atoms with E-state index < -0.39 is 0 Å². The molecule has 2 aromatic rings. The Balaban J connectivity index is 1.75. The summed E-state index contributed by atoms with van der Waals surface area (Å²) in [6.07, 6.45) is 3.02. The zero-order valence-corrected chi connectivity index (χ0v) is 15.8. The van der Waals surface area contributed by atoms with Crippen LogP contribution in [-0.2, 0) is 0 Å². The number of fused-ring (bicyclic) bond motifs is 1. The van der Waals surface area contributed by atoms with Crippen LogP contribution in [0.5, 0.6) is 0 Å². The summed E-state index contributed by atoms with van der Waals surface area (Å²) in [5, 5.41) is 1.18. The molecule has 1 aromatic carbocycles. The quantitative estimate of drug-likeness (QED) is 0.828. The lowest BCUT2D eigenvalue weighted by atomic mass is 9.95. The van der Waals surface area contributed by atoms with Crippen LogP contribution in [0.3, 0.4) is 0 Å². The van der Waals surface area contributed by atoms with Gasteiger partial charge in [0.15, 0.2) is 5.17 Å². The van der Waals surface area contributed by atoms with Gasteiger partial charge < -0.3 is 9.80 Å². The van der Waals surface area contributed by atoms with Gasteiger partial charge in [-0.15, -0.1) is 0 Å². The minimum Gasteiger partial charge on any atom is -0.378 e. The van der Waals surface area contributed by atoms with Crippen molar-refractivity contribution in [3.05, 3.63) is 59.9 Å². The Morgan fingerprint density at radius 3 is 2.60 bits per heavy atom. The molecule has 0 aliphatic carbocycles. The molecule has 1 aromatic heterocycles. The molecule has 2 aliphatic heterocycles. The van der Waals surface area contributed by atoms with E-state index in [1.165, 1.54) is 16.4 Å². The van der Waals surface area contributed by atoms with Gasteiger partial charge in [-0.3, -0.25) is 9.98 Å². The molecule has 0 bridgehead atoms. The first-order chi connectivity index (χ1) is 12.2. The van der Waals surface area contributed by atoms with Gasteiger partial charge >= 0.3 is 0 Å². The molecular weight excluding hydrogens is 328 g/mol. The molecule has 4 rings (SSSR count). The summed E-state index contributed by atoms with van der Waals surface area (Å²) >= 11 is 1.89. The third kappa shape index (κ3) is 2.91. The molecule has 1 fully saturated rings. The van der Waals surface area contributed by atoms with E-state index in [1.807, 2.05) is 24.0 Å². The molecule has 0 radical (unpaired) electrons. The average molecular weight is 353 g/mol. The Hall–Kier alpha value is -2.01. The minimum absolute atomic E-state index is 0.0725. The lowest BCUT2D eigenvalue weighted by molar-refractivity contribution is 0.255. The van der Waals surface area contributed by atoms with Gasteiger partial charge in [-0.25, -0.2) is 0 Å². The summed E-state index contributed by atoms with van der Waals surface area (Å²) in [6.45, 7) is 2.27. The van der Waals surface area contributed by atoms with Gasteiger partial charge in [-0.1, -0.05) is 36.9 Å². The van der Waals surface area contributed by atoms with E-state index in [0.29, 0.717) is 6.04 Å². The molecule has 130 valence electrons. The fourth-order valence-corrected chi connectivity index (χ4v) is 5.02. The fraction of sp³-hybridized carbons (Fsp3) is 0.400. The topological polar surface area (TPSA) is 31.7 Å². The zero-order chi connectivity index (χ0) is 17.4. The summed E-state index contributed by atoms with van der Waals surface area (Å²) in [7, 11) is 4.15. The fourth-order valence-electron chi connectivity index (χ4n) is 3.68. The number of thioether (sulfide) groups is 1. The van der Waals surface area contributed by atoms with Gasteiger partial charge in [0.2, 0.25) is 0 Å². The Labute approximate surface area is 154 Å². The molecule has 25 heavy (non-hydrogen) atoms. The maximum absolute atomic E-state index is 5.07. The smallest absolute Gasteiger partial charge is 0.160 e. The Morgan fingerprint density at radius 2 is 1.96 bits per heavy atom. The summed E-state index contributed by atoms with van der Waals surface area (Å²) in [4.78, 5) is 14.3. The van der Waals surface area contributed by atoms with E-state index in [0.717, 1.165) is 17.9 Å². The highest BCUT2D eigenvalue weighted by atomic mass is 32.2. The first-order valence-corrected chi connectivity index (χ1v) is 9.84. The van der Waals surface area contributed by atoms with Crippen molar-refractivity contribution in [2.24, 2.45) is 4.99 Å². The minimum atomic E-state index is 0.0725. The highest BCUT2D eigenvalue weighted by Gasteiger charge is 2.45. The second-order valence-corrected chi connectivity index (χ2v) is 7.81. The lowest BCUT2D eigenvalue weighted by Gasteiger charge is -2.32. The molecule has 2 aliphatic rings. The van der Waals surface area contributed by atoms with Crippen LogP contribution in [0.1, 0.15) is 36.7 Å². The van der Waals surface area contributed by atoms with E-state index >= 15 is 0 Å². The van der Waals surface area contributed by atoms with Crippen LogP contribution in [-0.4, -0.2) is 40.9 Å². The largest absolute Gasteiger partial charge is 0.378 e. The number of nitrogens with zero attached hydrogens (tertiary/aromatic N) is 4. The van der Waals surface area contributed by atoms with Crippen molar-refractivity contribution in [1.82, 2.24) is 9.88 Å². The second kappa shape index (κ2) is 6.71. The maximum atomic E-state index is 5.07. The number of anilines is 1. The predicted octanol–water partition coefficient (Wildman–Crippen LogP) is 4.13. The lowest BCUT2D eigenvalue weighted by Crippen LogP contribution is -2.35. The molecule has 0 spiro atoms. The van der Waals surface area contributed by atoms with E-state index in [4.69, 9.17) is 4.99 Å². The standard InChI is InChI=1S/C20H24N4S/c1-4-15-13-25-20-22-18(17-7-5-6-12-21-17)19(24(15)20)14-8-10-16(11-9-14)23(2)3/h5-12,15,18-19H,4,13H2,1-3H3/t15-,18-,19+/m1/s1. The highest BCUT2D eigenvalue weighted by molar-refractivity contribution is 8.14. The van der Waals surface area contributed by atoms with Crippen molar-refractivity contribution in [3.63, 3.8) is 0 Å². The van der Waals surface area contributed by atoms with Crippen LogP contribution in [0.15, 0.2) is 53.7 Å². The molecule has 0 unspecified atom stereocenters. The van der Waals surface area contributed by atoms with E-state index in [9.17, 15) is 0 Å². The molecule has 5 heteroatoms. The maximum Gasteiger partial charge on any atom is 0.160 e. The summed E-state index contributed by atoms with van der Waals surface area (Å²) in [5.41, 5.74) is 3.60. The van der Waals surface area contributed by atoms with Crippen molar-refractivity contribution in [1.29, 1.82) is 0 Å². The molecular formula is C20H24N4S. The predicted molar refractivity (Wildman–Crippen MR) is 106 cm³/mol.